The van der Waals surface area contributed by atoms with Crippen molar-refractivity contribution in [1.82, 2.24) is 30.2 Å². The van der Waals surface area contributed by atoms with E-state index in [1.54, 1.807) is 35.9 Å². The molecule has 11 nitrogen and oxygen atoms in total. The highest BCUT2D eigenvalue weighted by atomic mass is 35.5. The molecule has 1 aromatic carbocycles. The van der Waals surface area contributed by atoms with Gasteiger partial charge in [-0.05, 0) is 38.3 Å². The quantitative estimate of drug-likeness (QED) is 0.393. The van der Waals surface area contributed by atoms with E-state index in [1.807, 2.05) is 26.2 Å². The lowest BCUT2D eigenvalue weighted by Gasteiger charge is -2.25. The van der Waals surface area contributed by atoms with Crippen molar-refractivity contribution in [2.24, 2.45) is 0 Å². The molecule has 13 heteroatoms. The minimum Gasteiger partial charge on any atom is -0.381 e. The number of carbonyl (C=O) groups is 2. The van der Waals surface area contributed by atoms with E-state index in [9.17, 15) is 9.59 Å². The van der Waals surface area contributed by atoms with Crippen molar-refractivity contribution in [3.63, 3.8) is 0 Å². The lowest BCUT2D eigenvalue weighted by Crippen LogP contribution is -2.46. The van der Waals surface area contributed by atoms with E-state index in [2.05, 4.69) is 30.6 Å². The van der Waals surface area contributed by atoms with Crippen molar-refractivity contribution in [3.05, 3.63) is 57.5 Å². The molecule has 3 aromatic rings. The molecule has 0 aliphatic carbocycles. The molecule has 2 atom stereocenters. The van der Waals surface area contributed by atoms with Gasteiger partial charge in [0.15, 0.2) is 0 Å². The van der Waals surface area contributed by atoms with Gasteiger partial charge in [0.2, 0.25) is 17.8 Å². The maximum Gasteiger partial charge on any atom is 0.255 e. The number of ether oxygens (including phenoxy) is 1. The normalized spacial score (nSPS) is 16.7. The van der Waals surface area contributed by atoms with Crippen LogP contribution in [-0.4, -0.2) is 76.0 Å². The maximum absolute atomic E-state index is 13.5. The third-order valence-electron chi connectivity index (χ3n) is 7.29. The van der Waals surface area contributed by atoms with Gasteiger partial charge in [-0.25, -0.2) is 19.9 Å². The Labute approximate surface area is 248 Å². The molecule has 0 unspecified atom stereocenters. The number of nitrogens with zero attached hydrogens (tertiary/aromatic N) is 6. The van der Waals surface area contributed by atoms with Crippen LogP contribution in [0.3, 0.4) is 0 Å². The van der Waals surface area contributed by atoms with Gasteiger partial charge in [0, 0.05) is 51.0 Å². The lowest BCUT2D eigenvalue weighted by atomic mass is 10.0. The number of hydrogen-bond acceptors (Lipinski definition) is 9. The summed E-state index contributed by atoms with van der Waals surface area (Å²) in [6.07, 6.45) is 4.82. The lowest BCUT2D eigenvalue weighted by molar-refractivity contribution is -0.125. The minimum atomic E-state index is -0.729. The minimum absolute atomic E-state index is 0.226. The van der Waals surface area contributed by atoms with E-state index < -0.39 is 12.1 Å². The van der Waals surface area contributed by atoms with Crippen molar-refractivity contribution < 1.29 is 14.3 Å². The van der Waals surface area contributed by atoms with Crippen molar-refractivity contribution in [1.29, 1.82) is 0 Å². The maximum atomic E-state index is 13.5. The SMILES string of the molecule is C[C@H](C(=O)N[C@H](C)c1nc(N(C)C)ncc1Cl)N1Cc2ccc(-c3nc(NC4CCOCC4)ncc3Cl)cc2C1=O. The topological polar surface area (TPSA) is 125 Å². The number of halogens is 2. The summed E-state index contributed by atoms with van der Waals surface area (Å²) in [6, 6.07) is 4.55. The molecule has 4 heterocycles. The molecule has 0 bridgehead atoms. The highest BCUT2D eigenvalue weighted by molar-refractivity contribution is 6.33. The molecule has 216 valence electrons. The zero-order chi connectivity index (χ0) is 29.3. The third-order valence-corrected chi connectivity index (χ3v) is 7.86. The summed E-state index contributed by atoms with van der Waals surface area (Å²) in [6.45, 7) is 5.20. The summed E-state index contributed by atoms with van der Waals surface area (Å²) in [5, 5.41) is 7.02. The number of benzene rings is 1. The number of fused-ring (bicyclic) bond motifs is 1. The monoisotopic (exact) mass is 598 g/mol. The van der Waals surface area contributed by atoms with E-state index >= 15 is 0 Å². The Morgan fingerprint density at radius 1 is 1.10 bits per heavy atom. The fourth-order valence-corrected chi connectivity index (χ4v) is 5.34. The number of amides is 2. The zero-order valence-electron chi connectivity index (χ0n) is 23.3. The second kappa shape index (κ2) is 12.1. The molecule has 2 aromatic heterocycles. The van der Waals surface area contributed by atoms with E-state index in [1.165, 1.54) is 6.20 Å². The molecule has 1 fully saturated rings. The molecule has 2 aliphatic heterocycles. The number of rotatable bonds is 8. The van der Waals surface area contributed by atoms with Crippen LogP contribution in [0.4, 0.5) is 11.9 Å². The molecule has 2 N–H and O–H groups in total. The van der Waals surface area contributed by atoms with E-state index in [0.717, 1.165) is 18.4 Å². The van der Waals surface area contributed by atoms with E-state index in [-0.39, 0.29) is 17.9 Å². The first-order valence-electron chi connectivity index (χ1n) is 13.4. The van der Waals surface area contributed by atoms with E-state index in [4.69, 9.17) is 27.9 Å². The zero-order valence-corrected chi connectivity index (χ0v) is 24.8. The van der Waals surface area contributed by atoms with Gasteiger partial charge in [-0.1, -0.05) is 35.3 Å². The fourth-order valence-electron chi connectivity index (χ4n) is 4.88. The van der Waals surface area contributed by atoms with Crippen LogP contribution in [-0.2, 0) is 16.1 Å². The molecule has 2 aliphatic rings. The number of carbonyl (C=O) groups excluding carboxylic acids is 2. The van der Waals surface area contributed by atoms with Crippen LogP contribution in [0.25, 0.3) is 11.3 Å². The van der Waals surface area contributed by atoms with Crippen molar-refractivity contribution in [3.8, 4) is 11.3 Å². The Morgan fingerprint density at radius 3 is 2.56 bits per heavy atom. The first-order chi connectivity index (χ1) is 19.6. The van der Waals surface area contributed by atoms with Gasteiger partial charge >= 0.3 is 0 Å². The summed E-state index contributed by atoms with van der Waals surface area (Å²) >= 11 is 12.8. The van der Waals surface area contributed by atoms with E-state index in [0.29, 0.717) is 64.2 Å². The third kappa shape index (κ3) is 6.22. The standard InChI is InChI=1S/C28H32Cl2N8O3/c1-15(23-21(29)13-32-28(36-23)37(3)4)33-25(39)16(2)38-14-18-6-5-17(11-20(18)26(38)40)24-22(30)12-31-27(35-24)34-19-7-9-41-10-8-19/h5-6,11-13,15-16,19H,7-10,14H2,1-4H3,(H,33,39)(H,31,34,35)/t15-,16-/m1/s1. The number of hydrogen-bond donors (Lipinski definition) is 2. The smallest absolute Gasteiger partial charge is 0.255 e. The van der Waals surface area contributed by atoms with Gasteiger partial charge < -0.3 is 25.2 Å². The van der Waals surface area contributed by atoms with Crippen LogP contribution < -0.4 is 15.5 Å². The summed E-state index contributed by atoms with van der Waals surface area (Å²) in [4.78, 5) is 47.6. The second-order valence-corrected chi connectivity index (χ2v) is 11.2. The molecular formula is C28H32Cl2N8O3. The largest absolute Gasteiger partial charge is 0.381 e. The highest BCUT2D eigenvalue weighted by Gasteiger charge is 2.35. The van der Waals surface area contributed by atoms with Crippen LogP contribution in [0.15, 0.2) is 30.6 Å². The van der Waals surface area contributed by atoms with Crippen molar-refractivity contribution >= 4 is 46.9 Å². The Morgan fingerprint density at radius 2 is 1.83 bits per heavy atom. The number of anilines is 2. The molecule has 5 rings (SSSR count). The molecule has 0 radical (unpaired) electrons. The van der Waals surface area contributed by atoms with Crippen molar-refractivity contribution in [2.45, 2.75) is 51.4 Å². The Hall–Kier alpha value is -3.54. The molecule has 41 heavy (non-hydrogen) atoms. The average molecular weight is 600 g/mol. The first-order valence-corrected chi connectivity index (χ1v) is 14.2. The fraction of sp³-hybridized carbons (Fsp3) is 0.429. The predicted octanol–water partition coefficient (Wildman–Crippen LogP) is 4.12. The van der Waals surface area contributed by atoms with Crippen LogP contribution in [0.5, 0.6) is 0 Å². The first kappa shape index (κ1) is 29.0. The predicted molar refractivity (Wildman–Crippen MR) is 157 cm³/mol. The number of aromatic nitrogens is 4. The molecule has 1 saturated heterocycles. The summed E-state index contributed by atoms with van der Waals surface area (Å²) < 4.78 is 5.42. The Kier molecular flexibility index (Phi) is 8.58. The average Bonchev–Trinajstić information content (AvgIpc) is 3.29. The van der Waals surface area contributed by atoms with Gasteiger partial charge in [-0.15, -0.1) is 0 Å². The second-order valence-electron chi connectivity index (χ2n) is 10.4. The van der Waals surface area contributed by atoms with Crippen molar-refractivity contribution in [2.75, 3.05) is 37.5 Å². The van der Waals surface area contributed by atoms with Crippen LogP contribution in [0.1, 0.15) is 54.3 Å². The van der Waals surface area contributed by atoms with Crippen LogP contribution in [0.2, 0.25) is 10.0 Å². The molecule has 2 amide bonds. The van der Waals surface area contributed by atoms with Gasteiger partial charge in [0.25, 0.3) is 5.91 Å². The Balaban J connectivity index is 1.30. The highest BCUT2D eigenvalue weighted by Crippen LogP contribution is 2.33. The molecule has 0 saturated carbocycles. The van der Waals surface area contributed by atoms with Gasteiger partial charge in [0.05, 0.1) is 39.9 Å². The number of nitrogens with one attached hydrogen (secondary N) is 2. The van der Waals surface area contributed by atoms with Gasteiger partial charge in [-0.2, -0.15) is 0 Å². The molecular weight excluding hydrogens is 567 g/mol. The van der Waals surface area contributed by atoms with Crippen LogP contribution >= 0.6 is 23.2 Å². The van der Waals surface area contributed by atoms with Gasteiger partial charge in [-0.3, -0.25) is 9.59 Å². The Bertz CT molecular complexity index is 1460. The summed E-state index contributed by atoms with van der Waals surface area (Å²) in [7, 11) is 3.64. The van der Waals surface area contributed by atoms with Gasteiger partial charge in [0.1, 0.15) is 6.04 Å². The summed E-state index contributed by atoms with van der Waals surface area (Å²) in [5.74, 6) is 0.404. The molecule has 0 spiro atoms. The summed E-state index contributed by atoms with van der Waals surface area (Å²) in [5.41, 5.74) is 3.06. The van der Waals surface area contributed by atoms with Crippen LogP contribution in [0, 0.1) is 0 Å².